The van der Waals surface area contributed by atoms with Crippen molar-refractivity contribution in [1.29, 1.82) is 0 Å². The van der Waals surface area contributed by atoms with Crippen molar-refractivity contribution in [3.8, 4) is 0 Å². The van der Waals surface area contributed by atoms with Gasteiger partial charge in [0.25, 0.3) is 0 Å². The number of hydrogen-bond donors (Lipinski definition) is 2. The molecule has 0 aromatic carbocycles. The molecule has 1 aliphatic rings. The molecule has 1 rings (SSSR count). The summed E-state index contributed by atoms with van der Waals surface area (Å²) in [5.41, 5.74) is 3.32. The number of ether oxygens (including phenoxy) is 1. The molecule has 0 fully saturated rings. The molecular weight excluding hydrogens is 332 g/mol. The fourth-order valence-corrected chi connectivity index (χ4v) is 2.97. The number of cyclic esters (lactones) is 1. The summed E-state index contributed by atoms with van der Waals surface area (Å²) in [4.78, 5) is 21.7. The maximum absolute atomic E-state index is 11.0. The van der Waals surface area contributed by atoms with Crippen LogP contribution < -0.4 is 0 Å². The van der Waals surface area contributed by atoms with Gasteiger partial charge < -0.3 is 14.9 Å². The standard InChI is InChI=1S/C21H32O5/c1-15(9-5-11-17(3)13-19(22)23)7-4-8-16(2)10-6-12-18-14-20(24)26-21(18)25/h8-9,14,17,21,25H,4-7,10-13H2,1-3H3,(H,22,23). The van der Waals surface area contributed by atoms with Gasteiger partial charge in [0.1, 0.15) is 0 Å². The summed E-state index contributed by atoms with van der Waals surface area (Å²) in [6, 6.07) is 0. The lowest BCUT2D eigenvalue weighted by atomic mass is 10.00. The van der Waals surface area contributed by atoms with Crippen LogP contribution in [0.2, 0.25) is 0 Å². The molecule has 5 heteroatoms. The van der Waals surface area contributed by atoms with Crippen LogP contribution in [0.4, 0.5) is 0 Å². The number of esters is 1. The van der Waals surface area contributed by atoms with Gasteiger partial charge in [0.15, 0.2) is 0 Å². The van der Waals surface area contributed by atoms with Gasteiger partial charge in [0.2, 0.25) is 6.29 Å². The Labute approximate surface area is 156 Å². The average molecular weight is 364 g/mol. The highest BCUT2D eigenvalue weighted by atomic mass is 16.6. The summed E-state index contributed by atoms with van der Waals surface area (Å²) in [5, 5.41) is 18.3. The number of aliphatic carboxylic acids is 1. The molecular formula is C21H32O5. The van der Waals surface area contributed by atoms with E-state index in [0.717, 1.165) is 38.5 Å². The third-order valence-corrected chi connectivity index (χ3v) is 4.59. The Kier molecular flexibility index (Phi) is 9.96. The molecule has 26 heavy (non-hydrogen) atoms. The molecule has 0 amide bonds. The Balaban J connectivity index is 2.19. The fraction of sp³-hybridized carbons (Fsp3) is 0.619. The molecule has 0 saturated heterocycles. The van der Waals surface area contributed by atoms with Gasteiger partial charge in [-0.1, -0.05) is 30.2 Å². The summed E-state index contributed by atoms with van der Waals surface area (Å²) in [6.45, 7) is 6.20. The van der Waals surface area contributed by atoms with Crippen molar-refractivity contribution < 1.29 is 24.5 Å². The predicted octanol–water partition coefficient (Wildman–Crippen LogP) is 4.52. The summed E-state index contributed by atoms with van der Waals surface area (Å²) in [6.07, 6.45) is 11.4. The zero-order valence-corrected chi connectivity index (χ0v) is 16.2. The molecule has 5 nitrogen and oxygen atoms in total. The summed E-state index contributed by atoms with van der Waals surface area (Å²) in [5.74, 6) is -0.969. The van der Waals surface area contributed by atoms with Gasteiger partial charge in [-0.2, -0.15) is 0 Å². The van der Waals surface area contributed by atoms with Crippen LogP contribution in [0.25, 0.3) is 0 Å². The van der Waals surface area contributed by atoms with Crippen LogP contribution in [0.15, 0.2) is 34.9 Å². The fourth-order valence-electron chi connectivity index (χ4n) is 2.97. The molecule has 1 aliphatic heterocycles. The SMILES string of the molecule is CC(=CCCC(C)CC(=O)O)CCC=C(C)CCCC1=CC(=O)OC1O. The smallest absolute Gasteiger partial charge is 0.333 e. The zero-order valence-electron chi connectivity index (χ0n) is 16.2. The molecule has 1 heterocycles. The highest BCUT2D eigenvalue weighted by Gasteiger charge is 2.22. The van der Waals surface area contributed by atoms with Crippen molar-refractivity contribution in [3.63, 3.8) is 0 Å². The third-order valence-electron chi connectivity index (χ3n) is 4.59. The van der Waals surface area contributed by atoms with Crippen molar-refractivity contribution >= 4 is 11.9 Å². The van der Waals surface area contributed by atoms with E-state index in [0.29, 0.717) is 12.0 Å². The first-order chi connectivity index (χ1) is 12.3. The number of allylic oxidation sites excluding steroid dienone is 4. The molecule has 146 valence electrons. The molecule has 0 aromatic heterocycles. The maximum atomic E-state index is 11.0. The molecule has 0 radical (unpaired) electrons. The summed E-state index contributed by atoms with van der Waals surface area (Å²) in [7, 11) is 0. The van der Waals surface area contributed by atoms with E-state index in [1.54, 1.807) is 0 Å². The van der Waals surface area contributed by atoms with Gasteiger partial charge in [-0.3, -0.25) is 4.79 Å². The van der Waals surface area contributed by atoms with Gasteiger partial charge >= 0.3 is 11.9 Å². The molecule has 0 saturated carbocycles. The van der Waals surface area contributed by atoms with E-state index in [1.165, 1.54) is 17.2 Å². The van der Waals surface area contributed by atoms with Crippen LogP contribution in [0, 0.1) is 5.92 Å². The van der Waals surface area contributed by atoms with Crippen LogP contribution in [-0.4, -0.2) is 28.4 Å². The third kappa shape index (κ3) is 9.56. The van der Waals surface area contributed by atoms with Crippen molar-refractivity contribution in [2.24, 2.45) is 5.92 Å². The highest BCUT2D eigenvalue weighted by molar-refractivity contribution is 5.85. The number of aliphatic hydroxyl groups excluding tert-OH is 1. The lowest BCUT2D eigenvalue weighted by molar-refractivity contribution is -0.151. The second-order valence-corrected chi connectivity index (χ2v) is 7.28. The minimum Gasteiger partial charge on any atom is -0.481 e. The number of carboxylic acid groups (broad SMARTS) is 1. The summed E-state index contributed by atoms with van der Waals surface area (Å²) < 4.78 is 4.66. The van der Waals surface area contributed by atoms with Crippen molar-refractivity contribution in [1.82, 2.24) is 0 Å². The Morgan fingerprint density at radius 2 is 1.88 bits per heavy atom. The predicted molar refractivity (Wildman–Crippen MR) is 101 cm³/mol. The Morgan fingerprint density at radius 1 is 1.23 bits per heavy atom. The first-order valence-electron chi connectivity index (χ1n) is 9.40. The minimum absolute atomic E-state index is 0.216. The molecule has 0 aromatic rings. The largest absolute Gasteiger partial charge is 0.481 e. The monoisotopic (exact) mass is 364 g/mol. The van der Waals surface area contributed by atoms with E-state index >= 15 is 0 Å². The molecule has 0 aliphatic carbocycles. The number of hydrogen-bond acceptors (Lipinski definition) is 4. The topological polar surface area (TPSA) is 83.8 Å². The number of rotatable bonds is 12. The van der Waals surface area contributed by atoms with E-state index in [9.17, 15) is 14.7 Å². The molecule has 2 atom stereocenters. The van der Waals surface area contributed by atoms with Crippen molar-refractivity contribution in [2.45, 2.75) is 78.4 Å². The first-order valence-corrected chi connectivity index (χ1v) is 9.40. The Bertz CT molecular complexity index is 571. The molecule has 2 N–H and O–H groups in total. The quantitative estimate of drug-likeness (QED) is 0.393. The number of carbonyl (C=O) groups is 2. The number of carboxylic acids is 1. The average Bonchev–Trinajstić information content (AvgIpc) is 2.84. The summed E-state index contributed by atoms with van der Waals surface area (Å²) >= 11 is 0. The van der Waals surface area contributed by atoms with Gasteiger partial charge in [-0.15, -0.1) is 0 Å². The Morgan fingerprint density at radius 3 is 2.50 bits per heavy atom. The first kappa shape index (κ1) is 22.2. The van der Waals surface area contributed by atoms with E-state index in [2.05, 4.69) is 30.7 Å². The van der Waals surface area contributed by atoms with Crippen LogP contribution in [0.1, 0.15) is 72.1 Å². The van der Waals surface area contributed by atoms with Crippen LogP contribution in [-0.2, 0) is 14.3 Å². The van der Waals surface area contributed by atoms with Crippen molar-refractivity contribution in [3.05, 3.63) is 34.9 Å². The molecule has 0 bridgehead atoms. The van der Waals surface area contributed by atoms with E-state index < -0.39 is 18.2 Å². The lowest BCUT2D eigenvalue weighted by Crippen LogP contribution is -2.09. The van der Waals surface area contributed by atoms with Crippen LogP contribution in [0.5, 0.6) is 0 Å². The Hall–Kier alpha value is -1.88. The molecule has 2 unspecified atom stereocenters. The highest BCUT2D eigenvalue weighted by Crippen LogP contribution is 2.21. The second-order valence-electron chi connectivity index (χ2n) is 7.28. The van der Waals surface area contributed by atoms with Gasteiger partial charge in [-0.25, -0.2) is 4.79 Å². The van der Waals surface area contributed by atoms with E-state index in [4.69, 9.17) is 5.11 Å². The number of carbonyl (C=O) groups excluding carboxylic acids is 1. The van der Waals surface area contributed by atoms with Gasteiger partial charge in [0, 0.05) is 18.1 Å². The lowest BCUT2D eigenvalue weighted by Gasteiger charge is -2.08. The second kappa shape index (κ2) is 11.7. The minimum atomic E-state index is -1.06. The van der Waals surface area contributed by atoms with Gasteiger partial charge in [-0.05, 0) is 64.7 Å². The normalized spacial score (nSPS) is 19.3. The maximum Gasteiger partial charge on any atom is 0.333 e. The van der Waals surface area contributed by atoms with Crippen molar-refractivity contribution in [2.75, 3.05) is 0 Å². The van der Waals surface area contributed by atoms with Gasteiger partial charge in [0.05, 0.1) is 0 Å². The zero-order chi connectivity index (χ0) is 19.5. The van der Waals surface area contributed by atoms with Crippen LogP contribution in [0.3, 0.4) is 0 Å². The molecule has 0 spiro atoms. The van der Waals surface area contributed by atoms with E-state index in [-0.39, 0.29) is 12.3 Å². The number of aliphatic hydroxyl groups is 1. The van der Waals surface area contributed by atoms with Crippen LogP contribution >= 0.6 is 0 Å². The van der Waals surface area contributed by atoms with E-state index in [1.807, 2.05) is 6.92 Å².